The quantitative estimate of drug-likeness (QED) is 0.837. The van der Waals surface area contributed by atoms with Gasteiger partial charge in [-0.3, -0.25) is 4.68 Å². The number of rotatable bonds is 5. The van der Waals surface area contributed by atoms with Gasteiger partial charge in [0, 0.05) is 24.9 Å². The van der Waals surface area contributed by atoms with E-state index in [4.69, 9.17) is 5.11 Å². The van der Waals surface area contributed by atoms with E-state index in [1.165, 1.54) is 11.3 Å². The molecular formula is C10H13N5O2S. The molecule has 2 rings (SSSR count). The van der Waals surface area contributed by atoms with E-state index in [0.29, 0.717) is 23.0 Å². The first-order chi connectivity index (χ1) is 8.56. The molecule has 0 saturated carbocycles. The van der Waals surface area contributed by atoms with Gasteiger partial charge in [0.2, 0.25) is 0 Å². The van der Waals surface area contributed by atoms with Crippen molar-refractivity contribution in [3.8, 4) is 0 Å². The number of carboxylic acids is 1. The van der Waals surface area contributed by atoms with Gasteiger partial charge in [0.15, 0.2) is 16.6 Å². The highest BCUT2D eigenvalue weighted by atomic mass is 32.1. The Morgan fingerprint density at radius 1 is 1.61 bits per heavy atom. The molecule has 2 N–H and O–H groups in total. The molecule has 0 aliphatic carbocycles. The molecule has 0 aromatic carbocycles. The molecule has 0 spiro atoms. The minimum Gasteiger partial charge on any atom is -0.476 e. The van der Waals surface area contributed by atoms with Crippen molar-refractivity contribution in [3.05, 3.63) is 22.7 Å². The first-order valence-corrected chi connectivity index (χ1v) is 6.17. The third kappa shape index (κ3) is 2.83. The van der Waals surface area contributed by atoms with Crippen molar-refractivity contribution in [2.75, 3.05) is 11.9 Å². The molecule has 7 nitrogen and oxygen atoms in total. The Hall–Kier alpha value is -1.96. The second-order valence-electron chi connectivity index (χ2n) is 3.74. The molecule has 2 heterocycles. The zero-order chi connectivity index (χ0) is 13.1. The summed E-state index contributed by atoms with van der Waals surface area (Å²) in [7, 11) is 1.81. The Morgan fingerprint density at radius 3 is 2.94 bits per heavy atom. The van der Waals surface area contributed by atoms with Crippen molar-refractivity contribution in [1.82, 2.24) is 19.7 Å². The zero-order valence-electron chi connectivity index (χ0n) is 10.0. The number of anilines is 1. The summed E-state index contributed by atoms with van der Waals surface area (Å²) in [4.78, 5) is 19.6. The van der Waals surface area contributed by atoms with Crippen LogP contribution in [0.15, 0.2) is 6.33 Å². The van der Waals surface area contributed by atoms with Gasteiger partial charge in [-0.15, -0.1) is 11.3 Å². The number of thiazole rings is 1. The molecule has 0 atom stereocenters. The van der Waals surface area contributed by atoms with Crippen LogP contribution in [0.5, 0.6) is 0 Å². The summed E-state index contributed by atoms with van der Waals surface area (Å²) in [6.45, 7) is 2.36. The highest BCUT2D eigenvalue weighted by Crippen LogP contribution is 2.21. The molecule has 0 aliphatic rings. The van der Waals surface area contributed by atoms with Gasteiger partial charge in [-0.25, -0.2) is 14.8 Å². The number of nitrogens with one attached hydrogen (secondary N) is 1. The third-order valence-corrected chi connectivity index (χ3v) is 3.20. The van der Waals surface area contributed by atoms with Gasteiger partial charge < -0.3 is 10.4 Å². The van der Waals surface area contributed by atoms with Crippen molar-refractivity contribution in [3.63, 3.8) is 0 Å². The summed E-state index contributed by atoms with van der Waals surface area (Å²) in [5.74, 6) is -0.250. The van der Waals surface area contributed by atoms with E-state index in [0.717, 1.165) is 5.82 Å². The van der Waals surface area contributed by atoms with Crippen molar-refractivity contribution >= 4 is 22.4 Å². The Balaban J connectivity index is 1.90. The smallest absolute Gasteiger partial charge is 0.355 e. The van der Waals surface area contributed by atoms with Crippen LogP contribution in [0.2, 0.25) is 0 Å². The summed E-state index contributed by atoms with van der Waals surface area (Å²) in [5.41, 5.74) is 0.110. The standard InChI is InChI=1S/C10H13N5O2S/c1-6-8(9(16)17)13-10(18-6)11-4-3-7-12-5-15(2)14-7/h5H,3-4H2,1-2H3,(H,11,13)(H,16,17). The summed E-state index contributed by atoms with van der Waals surface area (Å²) < 4.78 is 1.64. The third-order valence-electron chi connectivity index (χ3n) is 2.27. The number of nitrogens with zero attached hydrogens (tertiary/aromatic N) is 4. The summed E-state index contributed by atoms with van der Waals surface area (Å²) in [6, 6.07) is 0. The highest BCUT2D eigenvalue weighted by molar-refractivity contribution is 7.15. The molecule has 8 heteroatoms. The first kappa shape index (κ1) is 12.5. The molecule has 2 aromatic rings. The largest absolute Gasteiger partial charge is 0.476 e. The van der Waals surface area contributed by atoms with Crippen LogP contribution in [0.4, 0.5) is 5.13 Å². The molecule has 0 fully saturated rings. The van der Waals surface area contributed by atoms with Gasteiger partial charge in [0.25, 0.3) is 0 Å². The molecule has 18 heavy (non-hydrogen) atoms. The maximum absolute atomic E-state index is 10.8. The minimum atomic E-state index is -0.997. The lowest BCUT2D eigenvalue weighted by Crippen LogP contribution is -2.07. The average Bonchev–Trinajstić information content (AvgIpc) is 2.85. The van der Waals surface area contributed by atoms with E-state index in [-0.39, 0.29) is 5.69 Å². The molecule has 96 valence electrons. The van der Waals surface area contributed by atoms with Gasteiger partial charge in [-0.1, -0.05) is 0 Å². The minimum absolute atomic E-state index is 0.110. The topological polar surface area (TPSA) is 92.9 Å². The van der Waals surface area contributed by atoms with Crippen LogP contribution in [0, 0.1) is 6.92 Å². The molecule has 0 radical (unpaired) electrons. The van der Waals surface area contributed by atoms with Gasteiger partial charge >= 0.3 is 5.97 Å². The number of aryl methyl sites for hydroxylation is 2. The highest BCUT2D eigenvalue weighted by Gasteiger charge is 2.13. The van der Waals surface area contributed by atoms with Crippen LogP contribution >= 0.6 is 11.3 Å². The predicted octanol–water partition coefficient (Wildman–Crippen LogP) is 0.933. The second kappa shape index (κ2) is 5.13. The molecular weight excluding hydrogens is 254 g/mol. The predicted molar refractivity (Wildman–Crippen MR) is 67.0 cm³/mol. The number of hydrogen-bond donors (Lipinski definition) is 2. The van der Waals surface area contributed by atoms with E-state index in [9.17, 15) is 4.79 Å². The van der Waals surface area contributed by atoms with E-state index in [2.05, 4.69) is 20.4 Å². The number of carbonyl (C=O) groups is 1. The maximum atomic E-state index is 10.8. The average molecular weight is 267 g/mol. The van der Waals surface area contributed by atoms with Crippen LogP contribution in [0.3, 0.4) is 0 Å². The van der Waals surface area contributed by atoms with Gasteiger partial charge in [-0.05, 0) is 6.92 Å². The lowest BCUT2D eigenvalue weighted by atomic mass is 10.4. The molecule has 0 amide bonds. The molecule has 0 unspecified atom stereocenters. The maximum Gasteiger partial charge on any atom is 0.355 e. The number of aromatic nitrogens is 4. The SMILES string of the molecule is Cc1sc(NCCc2ncn(C)n2)nc1C(=O)O. The van der Waals surface area contributed by atoms with Crippen LogP contribution in [-0.4, -0.2) is 37.4 Å². The number of hydrogen-bond acceptors (Lipinski definition) is 6. The van der Waals surface area contributed by atoms with Gasteiger partial charge in [0.05, 0.1) is 0 Å². The van der Waals surface area contributed by atoms with E-state index < -0.39 is 5.97 Å². The first-order valence-electron chi connectivity index (χ1n) is 5.35. The van der Waals surface area contributed by atoms with Crippen molar-refractivity contribution in [1.29, 1.82) is 0 Å². The fourth-order valence-electron chi connectivity index (χ4n) is 1.45. The van der Waals surface area contributed by atoms with E-state index in [1.54, 1.807) is 17.9 Å². The summed E-state index contributed by atoms with van der Waals surface area (Å²) in [5, 5.41) is 16.7. The molecule has 0 saturated heterocycles. The van der Waals surface area contributed by atoms with Gasteiger partial charge in [0.1, 0.15) is 6.33 Å². The van der Waals surface area contributed by atoms with Crippen LogP contribution in [0.25, 0.3) is 0 Å². The fraction of sp³-hybridized carbons (Fsp3) is 0.400. The van der Waals surface area contributed by atoms with Crippen molar-refractivity contribution in [2.24, 2.45) is 7.05 Å². The Bertz CT molecular complexity index is 562. The van der Waals surface area contributed by atoms with Gasteiger partial charge in [-0.2, -0.15) is 5.10 Å². The van der Waals surface area contributed by atoms with Crippen LogP contribution < -0.4 is 5.32 Å². The van der Waals surface area contributed by atoms with Crippen molar-refractivity contribution in [2.45, 2.75) is 13.3 Å². The Labute approximate surface area is 108 Å². The summed E-state index contributed by atoms with van der Waals surface area (Å²) in [6.07, 6.45) is 2.31. The summed E-state index contributed by atoms with van der Waals surface area (Å²) >= 11 is 1.33. The van der Waals surface area contributed by atoms with Crippen molar-refractivity contribution < 1.29 is 9.90 Å². The second-order valence-corrected chi connectivity index (χ2v) is 4.94. The molecule has 0 bridgehead atoms. The van der Waals surface area contributed by atoms with Crippen LogP contribution in [-0.2, 0) is 13.5 Å². The Kier molecular flexibility index (Phi) is 3.56. The van der Waals surface area contributed by atoms with E-state index in [1.807, 2.05) is 7.05 Å². The molecule has 2 aromatic heterocycles. The van der Waals surface area contributed by atoms with Crippen LogP contribution in [0.1, 0.15) is 21.2 Å². The fourth-order valence-corrected chi connectivity index (χ4v) is 2.28. The normalized spacial score (nSPS) is 10.6. The lowest BCUT2D eigenvalue weighted by Gasteiger charge is -1.98. The number of aromatic carboxylic acids is 1. The lowest BCUT2D eigenvalue weighted by molar-refractivity contribution is 0.0690. The number of carboxylic acid groups (broad SMARTS) is 1. The van der Waals surface area contributed by atoms with E-state index >= 15 is 0 Å². The molecule has 0 aliphatic heterocycles. The zero-order valence-corrected chi connectivity index (χ0v) is 10.9. The monoisotopic (exact) mass is 267 g/mol. The Morgan fingerprint density at radius 2 is 2.39 bits per heavy atom.